The maximum Gasteiger partial charge on any atom is 0.193 e. The first-order valence-corrected chi connectivity index (χ1v) is 7.29. The van der Waals surface area contributed by atoms with Crippen LogP contribution in [-0.2, 0) is 0 Å². The van der Waals surface area contributed by atoms with E-state index < -0.39 is 0 Å². The van der Waals surface area contributed by atoms with Crippen LogP contribution in [0.3, 0.4) is 0 Å². The van der Waals surface area contributed by atoms with Crippen molar-refractivity contribution in [2.45, 2.75) is 18.8 Å². The van der Waals surface area contributed by atoms with E-state index in [-0.39, 0.29) is 5.43 Å². The Morgan fingerprint density at radius 3 is 2.61 bits per heavy atom. The fourth-order valence-corrected chi connectivity index (χ4v) is 3.59. The third-order valence-corrected chi connectivity index (χ3v) is 4.42. The molecule has 0 saturated heterocycles. The predicted molar refractivity (Wildman–Crippen MR) is 78.5 cm³/mol. The number of ether oxygens (including phenoxy) is 1. The standard InChI is InChI=1S/C13H11Br2NO2/c1-18-13-8(15)4-7(14)12-11(13)10(17)5-9(16-12)6-2-3-6/h4-6H,2-3H2,1H3,(H,16,17). The first-order valence-electron chi connectivity index (χ1n) is 5.70. The first-order chi connectivity index (χ1) is 8.61. The number of halogens is 2. The van der Waals surface area contributed by atoms with Gasteiger partial charge < -0.3 is 9.72 Å². The van der Waals surface area contributed by atoms with E-state index in [0.29, 0.717) is 17.1 Å². The Morgan fingerprint density at radius 2 is 2.00 bits per heavy atom. The van der Waals surface area contributed by atoms with Crippen molar-refractivity contribution >= 4 is 42.8 Å². The number of benzene rings is 1. The summed E-state index contributed by atoms with van der Waals surface area (Å²) in [5.41, 5.74) is 1.84. The summed E-state index contributed by atoms with van der Waals surface area (Å²) in [6.07, 6.45) is 2.32. The molecule has 1 aromatic carbocycles. The van der Waals surface area contributed by atoms with E-state index in [1.54, 1.807) is 13.2 Å². The number of aromatic nitrogens is 1. The van der Waals surface area contributed by atoms with Crippen molar-refractivity contribution in [3.05, 3.63) is 37.0 Å². The van der Waals surface area contributed by atoms with Gasteiger partial charge in [0.25, 0.3) is 0 Å². The molecule has 1 saturated carbocycles. The van der Waals surface area contributed by atoms with E-state index >= 15 is 0 Å². The Bertz CT molecular complexity index is 689. The van der Waals surface area contributed by atoms with Crippen molar-refractivity contribution < 1.29 is 4.74 Å². The van der Waals surface area contributed by atoms with Gasteiger partial charge in [-0.25, -0.2) is 0 Å². The van der Waals surface area contributed by atoms with Gasteiger partial charge in [-0.3, -0.25) is 4.79 Å². The third kappa shape index (κ3) is 1.89. The molecule has 5 heteroatoms. The average Bonchev–Trinajstić information content (AvgIpc) is 3.14. The summed E-state index contributed by atoms with van der Waals surface area (Å²) in [5, 5.41) is 0.586. The number of rotatable bonds is 2. The molecule has 0 aliphatic heterocycles. The molecule has 1 heterocycles. The van der Waals surface area contributed by atoms with Crippen LogP contribution in [0.1, 0.15) is 24.5 Å². The molecule has 0 bridgehead atoms. The maximum atomic E-state index is 12.3. The van der Waals surface area contributed by atoms with Gasteiger partial charge in [-0.05, 0) is 56.7 Å². The summed E-state index contributed by atoms with van der Waals surface area (Å²) in [5.74, 6) is 1.10. The molecule has 1 aromatic heterocycles. The monoisotopic (exact) mass is 371 g/mol. The number of pyridine rings is 1. The zero-order chi connectivity index (χ0) is 12.9. The lowest BCUT2D eigenvalue weighted by atomic mass is 10.1. The molecule has 94 valence electrons. The first kappa shape index (κ1) is 12.2. The van der Waals surface area contributed by atoms with Crippen molar-refractivity contribution in [2.24, 2.45) is 0 Å². The van der Waals surface area contributed by atoms with Gasteiger partial charge in [0.2, 0.25) is 0 Å². The van der Waals surface area contributed by atoms with Crippen LogP contribution in [-0.4, -0.2) is 12.1 Å². The second-order valence-corrected chi connectivity index (χ2v) is 6.20. The van der Waals surface area contributed by atoms with Crippen molar-refractivity contribution in [1.29, 1.82) is 0 Å². The van der Waals surface area contributed by atoms with E-state index in [0.717, 1.165) is 33.0 Å². The van der Waals surface area contributed by atoms with Crippen LogP contribution in [0.4, 0.5) is 0 Å². The van der Waals surface area contributed by atoms with Crippen LogP contribution in [0.5, 0.6) is 5.75 Å². The molecule has 0 amide bonds. The van der Waals surface area contributed by atoms with Gasteiger partial charge in [0.05, 0.1) is 22.5 Å². The molecule has 0 unspecified atom stereocenters. The van der Waals surface area contributed by atoms with E-state index in [4.69, 9.17) is 4.74 Å². The number of nitrogens with one attached hydrogen (secondary N) is 1. The van der Waals surface area contributed by atoms with Gasteiger partial charge in [-0.2, -0.15) is 0 Å². The third-order valence-electron chi connectivity index (χ3n) is 3.21. The zero-order valence-corrected chi connectivity index (χ0v) is 12.9. The van der Waals surface area contributed by atoms with Crippen molar-refractivity contribution in [3.63, 3.8) is 0 Å². The maximum absolute atomic E-state index is 12.3. The van der Waals surface area contributed by atoms with Crippen LogP contribution in [0.25, 0.3) is 10.9 Å². The fraction of sp³-hybridized carbons (Fsp3) is 0.308. The van der Waals surface area contributed by atoms with Gasteiger partial charge in [-0.15, -0.1) is 0 Å². The average molecular weight is 373 g/mol. The molecule has 0 spiro atoms. The summed E-state index contributed by atoms with van der Waals surface area (Å²) < 4.78 is 6.96. The van der Waals surface area contributed by atoms with Crippen LogP contribution in [0, 0.1) is 0 Å². The largest absolute Gasteiger partial charge is 0.495 e. The van der Waals surface area contributed by atoms with Gasteiger partial charge in [0.1, 0.15) is 5.75 Å². The van der Waals surface area contributed by atoms with Crippen LogP contribution in [0.15, 0.2) is 25.9 Å². The van der Waals surface area contributed by atoms with Gasteiger partial charge in [0.15, 0.2) is 5.43 Å². The van der Waals surface area contributed by atoms with Crippen molar-refractivity contribution in [1.82, 2.24) is 4.98 Å². The highest BCUT2D eigenvalue weighted by Crippen LogP contribution is 2.41. The normalized spacial score (nSPS) is 15.1. The second kappa shape index (κ2) is 4.38. The summed E-state index contributed by atoms with van der Waals surface area (Å²) >= 11 is 6.91. The number of hydrogen-bond donors (Lipinski definition) is 1. The van der Waals surface area contributed by atoms with Crippen LogP contribution in [0.2, 0.25) is 0 Å². The minimum absolute atomic E-state index is 0.00417. The Kier molecular flexibility index (Phi) is 2.98. The SMILES string of the molecule is COc1c(Br)cc(Br)c2[nH]c(C3CC3)cc(=O)c12. The Labute approximate surface area is 121 Å². The second-order valence-electron chi connectivity index (χ2n) is 4.49. The summed E-state index contributed by atoms with van der Waals surface area (Å²) in [6.45, 7) is 0. The number of methoxy groups -OCH3 is 1. The van der Waals surface area contributed by atoms with E-state index in [2.05, 4.69) is 36.8 Å². The molecule has 1 fully saturated rings. The molecule has 0 atom stereocenters. The smallest absolute Gasteiger partial charge is 0.193 e. The lowest BCUT2D eigenvalue weighted by Gasteiger charge is -2.10. The highest BCUT2D eigenvalue weighted by Gasteiger charge is 2.26. The molecule has 3 nitrogen and oxygen atoms in total. The fourth-order valence-electron chi connectivity index (χ4n) is 2.17. The molecule has 1 aliphatic carbocycles. The van der Waals surface area contributed by atoms with Gasteiger partial charge in [-0.1, -0.05) is 0 Å². The van der Waals surface area contributed by atoms with Gasteiger partial charge in [0, 0.05) is 16.2 Å². The van der Waals surface area contributed by atoms with Crippen molar-refractivity contribution in [3.8, 4) is 5.75 Å². The van der Waals surface area contributed by atoms with E-state index in [1.165, 1.54) is 0 Å². The molecule has 0 radical (unpaired) electrons. The van der Waals surface area contributed by atoms with E-state index in [9.17, 15) is 4.79 Å². The number of H-pyrrole nitrogens is 1. The molecule has 2 aromatic rings. The van der Waals surface area contributed by atoms with E-state index in [1.807, 2.05) is 6.07 Å². The highest BCUT2D eigenvalue weighted by molar-refractivity contribution is 9.11. The minimum Gasteiger partial charge on any atom is -0.495 e. The van der Waals surface area contributed by atoms with Crippen LogP contribution >= 0.6 is 31.9 Å². The van der Waals surface area contributed by atoms with Crippen LogP contribution < -0.4 is 10.2 Å². The highest BCUT2D eigenvalue weighted by atomic mass is 79.9. The quantitative estimate of drug-likeness (QED) is 0.867. The molecule has 1 N–H and O–H groups in total. The molecule has 3 rings (SSSR count). The topological polar surface area (TPSA) is 42.1 Å². The Hall–Kier alpha value is -0.810. The minimum atomic E-state index is 0.00417. The molecular weight excluding hydrogens is 362 g/mol. The molecule has 18 heavy (non-hydrogen) atoms. The lowest BCUT2D eigenvalue weighted by molar-refractivity contribution is 0.417. The summed E-state index contributed by atoms with van der Waals surface area (Å²) in [7, 11) is 1.57. The summed E-state index contributed by atoms with van der Waals surface area (Å²) in [4.78, 5) is 15.6. The molecular formula is C13H11Br2NO2. The Balaban J connectivity index is 2.41. The lowest BCUT2D eigenvalue weighted by Crippen LogP contribution is -2.07. The number of aromatic amines is 1. The predicted octanol–water partition coefficient (Wildman–Crippen LogP) is 3.94. The zero-order valence-electron chi connectivity index (χ0n) is 9.72. The number of hydrogen-bond acceptors (Lipinski definition) is 2. The molecule has 1 aliphatic rings. The summed E-state index contributed by atoms with van der Waals surface area (Å²) in [6, 6.07) is 3.59. The Morgan fingerprint density at radius 1 is 1.28 bits per heavy atom. The van der Waals surface area contributed by atoms with Crippen molar-refractivity contribution in [2.75, 3.05) is 7.11 Å². The number of fused-ring (bicyclic) bond motifs is 1. The van der Waals surface area contributed by atoms with Gasteiger partial charge >= 0.3 is 0 Å².